The molecule has 182 valence electrons. The molecule has 0 aliphatic rings. The van der Waals surface area contributed by atoms with Crippen molar-refractivity contribution in [2.24, 2.45) is 0 Å². The third-order valence-electron chi connectivity index (χ3n) is 5.49. The van der Waals surface area contributed by atoms with E-state index in [1.807, 2.05) is 20.8 Å². The molecule has 4 nitrogen and oxygen atoms in total. The third-order valence-corrected chi connectivity index (χ3v) is 10.4. The van der Waals surface area contributed by atoms with E-state index in [4.69, 9.17) is 17.4 Å². The second-order valence-corrected chi connectivity index (χ2v) is 12.4. The molecule has 0 aromatic carbocycles. The van der Waals surface area contributed by atoms with E-state index in [9.17, 15) is 0 Å². The summed E-state index contributed by atoms with van der Waals surface area (Å²) in [6, 6.07) is 1.19. The van der Waals surface area contributed by atoms with Gasteiger partial charge in [-0.25, -0.2) is 0 Å². The van der Waals surface area contributed by atoms with Gasteiger partial charge in [0.05, 0.1) is 0 Å². The maximum atomic E-state index is 6.09. The Morgan fingerprint density at radius 3 is 1.13 bits per heavy atom. The third kappa shape index (κ3) is 19.0. The molecule has 0 unspecified atom stereocenters. The van der Waals surface area contributed by atoms with Crippen molar-refractivity contribution in [3.63, 3.8) is 0 Å². The minimum absolute atomic E-state index is 0.583. The van der Waals surface area contributed by atoms with Gasteiger partial charge in [-0.2, -0.15) is 0 Å². The lowest BCUT2D eigenvalue weighted by molar-refractivity contribution is 0.0105. The van der Waals surface area contributed by atoms with Crippen LogP contribution >= 0.6 is 0 Å². The summed E-state index contributed by atoms with van der Waals surface area (Å²) >= 11 is 0. The summed E-state index contributed by atoms with van der Waals surface area (Å²) in [6.45, 7) is 9.96. The number of unbranched alkanes of at least 4 members (excludes halogenated alkanes) is 15. The second kappa shape index (κ2) is 23.9. The van der Waals surface area contributed by atoms with Crippen LogP contribution in [-0.2, 0) is 17.4 Å². The molecule has 0 rings (SSSR count). The number of rotatable bonds is 25. The molecule has 0 spiro atoms. The van der Waals surface area contributed by atoms with Crippen molar-refractivity contribution in [3.8, 4) is 0 Å². The van der Waals surface area contributed by atoms with Crippen LogP contribution in [0.5, 0.6) is 0 Å². The Morgan fingerprint density at radius 1 is 0.467 bits per heavy atom. The van der Waals surface area contributed by atoms with Gasteiger partial charge < -0.3 is 17.4 Å². The van der Waals surface area contributed by atoms with Crippen molar-refractivity contribution >= 4 is 18.8 Å². The van der Waals surface area contributed by atoms with Gasteiger partial charge >= 0.3 is 9.05 Å². The van der Waals surface area contributed by atoms with Gasteiger partial charge in [0.25, 0.3) is 0 Å². The molecule has 0 radical (unpaired) electrons. The Hall–Kier alpha value is 0.274. The number of hydrogen-bond acceptors (Lipinski definition) is 4. The van der Waals surface area contributed by atoms with Gasteiger partial charge in [-0.1, -0.05) is 110 Å². The molecule has 0 saturated carbocycles. The standard InChI is InChI=1S/C24H54O4Si2/c1-5-9-10-11-12-13-14-15-16-17-18-19-20-21-22-23-24-29-28-30(25-6-2,26-7-3)27-8-4/h5-24,29H2,1-4H3. The minimum atomic E-state index is -2.84. The van der Waals surface area contributed by atoms with Crippen LogP contribution < -0.4 is 0 Å². The summed E-state index contributed by atoms with van der Waals surface area (Å²) in [6.07, 6.45) is 22.6. The Kier molecular flexibility index (Phi) is 24.1. The van der Waals surface area contributed by atoms with Gasteiger partial charge in [-0.05, 0) is 26.8 Å². The second-order valence-electron chi connectivity index (χ2n) is 8.30. The summed E-state index contributed by atoms with van der Waals surface area (Å²) in [5.74, 6) is 0. The largest absolute Gasteiger partial charge is 0.668 e. The first kappa shape index (κ1) is 30.3. The summed E-state index contributed by atoms with van der Waals surface area (Å²) in [5, 5.41) is 0. The normalized spacial score (nSPS) is 12.4. The molecule has 0 aliphatic heterocycles. The molecule has 0 heterocycles. The minimum Gasteiger partial charge on any atom is -0.400 e. The van der Waals surface area contributed by atoms with Crippen molar-refractivity contribution in [2.75, 3.05) is 19.8 Å². The molecule has 6 heteroatoms. The van der Waals surface area contributed by atoms with Gasteiger partial charge in [0.1, 0.15) is 0 Å². The SMILES string of the molecule is CCCCCCCCCCCCCCCCCC[SiH2]O[Si](OCC)(OCC)OCC. The average molecular weight is 463 g/mol. The Bertz CT molecular complexity index is 315. The van der Waals surface area contributed by atoms with Crippen LogP contribution in [-0.4, -0.2) is 38.6 Å². The molecule has 0 bridgehead atoms. The fraction of sp³-hybridized carbons (Fsp3) is 1.00. The van der Waals surface area contributed by atoms with Crippen LogP contribution in [0.1, 0.15) is 130 Å². The zero-order valence-corrected chi connectivity index (χ0v) is 23.4. The molecule has 0 aromatic rings. The van der Waals surface area contributed by atoms with Crippen LogP contribution in [0, 0.1) is 0 Å². The van der Waals surface area contributed by atoms with Crippen LogP contribution in [0.25, 0.3) is 0 Å². The lowest BCUT2D eigenvalue weighted by Crippen LogP contribution is -2.50. The fourth-order valence-corrected chi connectivity index (χ4v) is 8.25. The molecule has 0 aromatic heterocycles. The van der Waals surface area contributed by atoms with E-state index < -0.39 is 18.8 Å². The van der Waals surface area contributed by atoms with Crippen molar-refractivity contribution in [2.45, 2.75) is 136 Å². The first-order chi connectivity index (χ1) is 14.7. The highest BCUT2D eigenvalue weighted by atomic mass is 28.4. The summed E-state index contributed by atoms with van der Waals surface area (Å²) in [5.41, 5.74) is 0. The van der Waals surface area contributed by atoms with E-state index in [1.165, 1.54) is 109 Å². The van der Waals surface area contributed by atoms with Crippen molar-refractivity contribution in [3.05, 3.63) is 0 Å². The molecule has 0 aliphatic carbocycles. The molecule has 30 heavy (non-hydrogen) atoms. The zero-order valence-electron chi connectivity index (χ0n) is 21.0. The van der Waals surface area contributed by atoms with Gasteiger partial charge in [0, 0.05) is 19.8 Å². The molecular formula is C24H54O4Si2. The highest BCUT2D eigenvalue weighted by molar-refractivity contribution is 6.60. The summed E-state index contributed by atoms with van der Waals surface area (Å²) in [7, 11) is -3.48. The van der Waals surface area contributed by atoms with E-state index >= 15 is 0 Å². The van der Waals surface area contributed by atoms with Gasteiger partial charge in [-0.3, -0.25) is 0 Å². The highest BCUT2D eigenvalue weighted by Gasteiger charge is 2.43. The van der Waals surface area contributed by atoms with E-state index in [0.29, 0.717) is 19.8 Å². The van der Waals surface area contributed by atoms with Crippen LogP contribution in [0.3, 0.4) is 0 Å². The first-order valence-corrected chi connectivity index (χ1v) is 16.5. The van der Waals surface area contributed by atoms with Crippen molar-refractivity contribution < 1.29 is 17.4 Å². The highest BCUT2D eigenvalue weighted by Crippen LogP contribution is 2.15. The van der Waals surface area contributed by atoms with Gasteiger partial charge in [-0.15, -0.1) is 0 Å². The quantitative estimate of drug-likeness (QED) is 0.105. The Morgan fingerprint density at radius 2 is 0.800 bits per heavy atom. The first-order valence-electron chi connectivity index (χ1n) is 13.3. The predicted molar refractivity (Wildman–Crippen MR) is 135 cm³/mol. The van der Waals surface area contributed by atoms with E-state index in [-0.39, 0.29) is 0 Å². The summed E-state index contributed by atoms with van der Waals surface area (Å²) < 4.78 is 23.3. The predicted octanol–water partition coefficient (Wildman–Crippen LogP) is 7.31. The average Bonchev–Trinajstić information content (AvgIpc) is 2.73. The summed E-state index contributed by atoms with van der Waals surface area (Å²) in [4.78, 5) is 0. The molecule has 0 atom stereocenters. The molecule has 0 fully saturated rings. The fourth-order valence-electron chi connectivity index (χ4n) is 3.80. The Labute approximate surface area is 192 Å². The van der Waals surface area contributed by atoms with E-state index in [0.717, 1.165) is 0 Å². The van der Waals surface area contributed by atoms with Crippen LogP contribution in [0.15, 0.2) is 0 Å². The lowest BCUT2D eigenvalue weighted by atomic mass is 10.0. The Balaban J connectivity index is 3.41. The van der Waals surface area contributed by atoms with Gasteiger partial charge in [0.15, 0.2) is 9.76 Å². The monoisotopic (exact) mass is 462 g/mol. The number of hydrogen-bond donors (Lipinski definition) is 0. The molecule has 0 amide bonds. The molecule has 0 N–H and O–H groups in total. The van der Waals surface area contributed by atoms with E-state index in [1.54, 1.807) is 0 Å². The maximum Gasteiger partial charge on any atom is 0.668 e. The molecular weight excluding hydrogens is 408 g/mol. The molecule has 0 saturated heterocycles. The van der Waals surface area contributed by atoms with Crippen molar-refractivity contribution in [1.82, 2.24) is 0 Å². The smallest absolute Gasteiger partial charge is 0.400 e. The lowest BCUT2D eigenvalue weighted by Gasteiger charge is -2.27. The van der Waals surface area contributed by atoms with E-state index in [2.05, 4.69) is 6.92 Å². The van der Waals surface area contributed by atoms with Crippen LogP contribution in [0.2, 0.25) is 6.04 Å². The topological polar surface area (TPSA) is 36.9 Å². The van der Waals surface area contributed by atoms with Crippen molar-refractivity contribution in [1.29, 1.82) is 0 Å². The zero-order chi connectivity index (χ0) is 22.2. The van der Waals surface area contributed by atoms with Gasteiger partial charge in [0.2, 0.25) is 0 Å². The maximum absolute atomic E-state index is 6.09. The van der Waals surface area contributed by atoms with Crippen LogP contribution in [0.4, 0.5) is 0 Å².